The van der Waals surface area contributed by atoms with Gasteiger partial charge < -0.3 is 4.57 Å². The van der Waals surface area contributed by atoms with Gasteiger partial charge in [-0.05, 0) is 45.7 Å². The average molecular weight is 375 g/mol. The van der Waals surface area contributed by atoms with Crippen LogP contribution in [0.4, 0.5) is 0 Å². The summed E-state index contributed by atoms with van der Waals surface area (Å²) in [6, 6.07) is 0. The summed E-state index contributed by atoms with van der Waals surface area (Å²) in [5, 5.41) is 0. The van der Waals surface area contributed by atoms with Crippen LogP contribution in [0.5, 0.6) is 0 Å². The molecule has 0 fully saturated rings. The molecule has 1 aliphatic rings. The lowest BCUT2D eigenvalue weighted by molar-refractivity contribution is 0.0975. The molecule has 0 aliphatic heterocycles. The lowest BCUT2D eigenvalue weighted by Gasteiger charge is -2.13. The second-order valence-electron chi connectivity index (χ2n) is 4.09. The number of nitrogens with zero attached hydrogens (tertiary/aromatic N) is 1. The number of halogens is 2. The van der Waals surface area contributed by atoms with E-state index in [0.29, 0.717) is 11.3 Å². The molecular formula is C12H9Br2NO3. The molecule has 0 radical (unpaired) electrons. The van der Waals surface area contributed by atoms with Crippen LogP contribution in [0.3, 0.4) is 0 Å². The van der Waals surface area contributed by atoms with Gasteiger partial charge in [0.25, 0.3) is 0 Å². The van der Waals surface area contributed by atoms with Crippen molar-refractivity contribution in [3.05, 3.63) is 31.5 Å². The number of carbonyl (C=O) groups is 3. The third-order valence-electron chi connectivity index (χ3n) is 3.07. The van der Waals surface area contributed by atoms with Gasteiger partial charge in [-0.2, -0.15) is 0 Å². The lowest BCUT2D eigenvalue weighted by Crippen LogP contribution is -2.20. The molecule has 1 aromatic rings. The van der Waals surface area contributed by atoms with Gasteiger partial charge in [-0.25, -0.2) is 0 Å². The molecule has 0 saturated heterocycles. The Bertz CT molecular complexity index is 653. The van der Waals surface area contributed by atoms with E-state index in [2.05, 4.69) is 31.9 Å². The van der Waals surface area contributed by atoms with Gasteiger partial charge in [-0.1, -0.05) is 0 Å². The third kappa shape index (κ3) is 1.59. The van der Waals surface area contributed by atoms with Gasteiger partial charge >= 0.3 is 0 Å². The minimum atomic E-state index is -0.342. The molecule has 18 heavy (non-hydrogen) atoms. The molecule has 94 valence electrons. The van der Waals surface area contributed by atoms with Crippen molar-refractivity contribution in [2.45, 2.75) is 13.8 Å². The zero-order valence-electron chi connectivity index (χ0n) is 9.93. The monoisotopic (exact) mass is 373 g/mol. The smallest absolute Gasteiger partial charge is 0.218 e. The fourth-order valence-electron chi connectivity index (χ4n) is 2.13. The number of rotatable bonds is 1. The number of hydrogen-bond acceptors (Lipinski definition) is 3. The molecule has 0 spiro atoms. The highest BCUT2D eigenvalue weighted by Gasteiger charge is 2.37. The van der Waals surface area contributed by atoms with Crippen LogP contribution in [0.2, 0.25) is 0 Å². The Morgan fingerprint density at radius 2 is 1.61 bits per heavy atom. The Kier molecular flexibility index (Phi) is 3.19. The lowest BCUT2D eigenvalue weighted by atomic mass is 9.96. The third-order valence-corrected chi connectivity index (χ3v) is 5.12. The van der Waals surface area contributed by atoms with E-state index in [4.69, 9.17) is 0 Å². The number of hydrogen-bond donors (Lipinski definition) is 0. The van der Waals surface area contributed by atoms with Gasteiger partial charge in [0.1, 0.15) is 5.69 Å². The van der Waals surface area contributed by atoms with Gasteiger partial charge in [0, 0.05) is 18.3 Å². The van der Waals surface area contributed by atoms with E-state index >= 15 is 0 Å². The number of allylic oxidation sites excluding steroid dienone is 2. The summed E-state index contributed by atoms with van der Waals surface area (Å²) in [5.41, 5.74) is 1.40. The summed E-state index contributed by atoms with van der Waals surface area (Å²) in [7, 11) is 1.67. The highest BCUT2D eigenvalue weighted by Crippen LogP contribution is 2.36. The Labute approximate surface area is 120 Å². The predicted molar refractivity (Wildman–Crippen MR) is 73.7 cm³/mol. The van der Waals surface area contributed by atoms with Crippen molar-refractivity contribution in [1.29, 1.82) is 0 Å². The van der Waals surface area contributed by atoms with Crippen LogP contribution in [0.1, 0.15) is 43.8 Å². The van der Waals surface area contributed by atoms with Crippen LogP contribution >= 0.6 is 31.9 Å². The van der Waals surface area contributed by atoms with Crippen LogP contribution < -0.4 is 0 Å². The molecular weight excluding hydrogens is 366 g/mol. The summed E-state index contributed by atoms with van der Waals surface area (Å²) in [6.45, 7) is 3.11. The maximum Gasteiger partial charge on any atom is 0.218 e. The molecule has 1 aliphatic carbocycles. The van der Waals surface area contributed by atoms with Gasteiger partial charge in [0.2, 0.25) is 11.6 Å². The molecule has 2 rings (SSSR count). The normalized spacial score (nSPS) is 15.2. The van der Waals surface area contributed by atoms with Crippen molar-refractivity contribution < 1.29 is 14.4 Å². The Hall–Kier alpha value is -1.01. The Balaban J connectivity index is 2.91. The van der Waals surface area contributed by atoms with Crippen LogP contribution in [-0.2, 0) is 7.05 Å². The summed E-state index contributed by atoms with van der Waals surface area (Å²) >= 11 is 6.19. The van der Waals surface area contributed by atoms with Crippen LogP contribution in [-0.4, -0.2) is 21.9 Å². The van der Waals surface area contributed by atoms with E-state index < -0.39 is 0 Å². The highest BCUT2D eigenvalue weighted by molar-refractivity contribution is 9.14. The van der Waals surface area contributed by atoms with Crippen molar-refractivity contribution in [1.82, 2.24) is 4.57 Å². The Morgan fingerprint density at radius 3 is 2.11 bits per heavy atom. The van der Waals surface area contributed by atoms with Crippen LogP contribution in [0.25, 0.3) is 0 Å². The molecule has 0 aromatic carbocycles. The molecule has 4 nitrogen and oxygen atoms in total. The van der Waals surface area contributed by atoms with Gasteiger partial charge in [-0.15, -0.1) is 0 Å². The predicted octanol–water partition coefficient (Wildman–Crippen LogP) is 2.92. The molecule has 0 amide bonds. The summed E-state index contributed by atoms with van der Waals surface area (Å²) in [4.78, 5) is 36.0. The standard InChI is InChI=1S/C12H9Br2NO3/c1-4-6(5(2)16)7-10(15(4)3)12(18)9(14)8(13)11(7)17/h1-3H3. The fraction of sp³-hybridized carbons (Fsp3) is 0.250. The van der Waals surface area contributed by atoms with E-state index in [1.54, 1.807) is 18.5 Å². The highest BCUT2D eigenvalue weighted by atomic mass is 79.9. The molecule has 1 aromatic heterocycles. The second-order valence-corrected chi connectivity index (χ2v) is 5.67. The number of aromatic nitrogens is 1. The second kappa shape index (κ2) is 4.28. The topological polar surface area (TPSA) is 56.1 Å². The molecule has 0 N–H and O–H groups in total. The maximum atomic E-state index is 12.2. The molecule has 1 heterocycles. The summed E-state index contributed by atoms with van der Waals surface area (Å²) < 4.78 is 1.94. The molecule has 0 unspecified atom stereocenters. The van der Waals surface area contributed by atoms with Crippen molar-refractivity contribution in [3.8, 4) is 0 Å². The first kappa shape index (κ1) is 13.4. The van der Waals surface area contributed by atoms with Gasteiger partial charge in [0.05, 0.1) is 14.5 Å². The zero-order chi connectivity index (χ0) is 13.8. The van der Waals surface area contributed by atoms with E-state index in [1.807, 2.05) is 0 Å². The van der Waals surface area contributed by atoms with Gasteiger partial charge in [0.15, 0.2) is 5.78 Å². The maximum absolute atomic E-state index is 12.2. The SMILES string of the molecule is CC(=O)c1c2c(n(C)c1C)C(=O)C(Br)=C(Br)C2=O. The van der Waals surface area contributed by atoms with E-state index in [1.165, 1.54) is 6.92 Å². The summed E-state index contributed by atoms with van der Waals surface area (Å²) in [6.07, 6.45) is 0. The van der Waals surface area contributed by atoms with E-state index in [-0.39, 0.29) is 37.6 Å². The molecule has 0 atom stereocenters. The first-order chi connectivity index (χ1) is 8.29. The molecule has 0 bridgehead atoms. The van der Waals surface area contributed by atoms with Gasteiger partial charge in [-0.3, -0.25) is 14.4 Å². The number of carbonyl (C=O) groups excluding carboxylic acids is 3. The number of Topliss-reactive ketones (excluding diaryl/α,β-unsaturated/α-hetero) is 3. The minimum absolute atomic E-state index is 0.160. The van der Waals surface area contributed by atoms with Crippen molar-refractivity contribution in [2.75, 3.05) is 0 Å². The largest absolute Gasteiger partial charge is 0.344 e. The van der Waals surface area contributed by atoms with Crippen molar-refractivity contribution in [3.63, 3.8) is 0 Å². The average Bonchev–Trinajstić information content (AvgIpc) is 2.57. The molecule has 6 heteroatoms. The minimum Gasteiger partial charge on any atom is -0.344 e. The number of ketones is 3. The Morgan fingerprint density at radius 1 is 1.11 bits per heavy atom. The first-order valence-corrected chi connectivity index (χ1v) is 6.72. The van der Waals surface area contributed by atoms with Crippen molar-refractivity contribution in [2.24, 2.45) is 7.05 Å². The fourth-order valence-corrected chi connectivity index (χ4v) is 2.88. The zero-order valence-corrected chi connectivity index (χ0v) is 13.1. The van der Waals surface area contributed by atoms with Crippen LogP contribution in [0, 0.1) is 6.92 Å². The van der Waals surface area contributed by atoms with E-state index in [9.17, 15) is 14.4 Å². The van der Waals surface area contributed by atoms with Crippen molar-refractivity contribution >= 4 is 49.2 Å². The van der Waals surface area contributed by atoms with Crippen LogP contribution in [0.15, 0.2) is 8.96 Å². The quantitative estimate of drug-likeness (QED) is 0.710. The number of fused-ring (bicyclic) bond motifs is 1. The summed E-state index contributed by atoms with van der Waals surface area (Å²) in [5.74, 6) is -0.858. The molecule has 0 saturated carbocycles. The first-order valence-electron chi connectivity index (χ1n) is 5.13. The van der Waals surface area contributed by atoms with E-state index in [0.717, 1.165) is 0 Å².